The average Bonchev–Trinajstić information content (AvgIpc) is 3.51. The van der Waals surface area contributed by atoms with Crippen molar-refractivity contribution in [2.24, 2.45) is 11.8 Å². The lowest BCUT2D eigenvalue weighted by atomic mass is 9.59. The molecule has 1 N–H and O–H groups in total. The van der Waals surface area contributed by atoms with Crippen LogP contribution in [0.15, 0.2) is 42.5 Å². The van der Waals surface area contributed by atoms with Gasteiger partial charge in [-0.1, -0.05) is 43.6 Å². The maximum absolute atomic E-state index is 6.00. The van der Waals surface area contributed by atoms with E-state index in [-0.39, 0.29) is 0 Å². The van der Waals surface area contributed by atoms with E-state index in [1.54, 1.807) is 11.1 Å². The van der Waals surface area contributed by atoms with Crippen LogP contribution >= 0.6 is 11.6 Å². The molecule has 2 aromatic carbocycles. The molecule has 0 spiro atoms. The van der Waals surface area contributed by atoms with Crippen molar-refractivity contribution in [2.45, 2.75) is 57.5 Å². The Bertz CT molecular complexity index is 857. The van der Waals surface area contributed by atoms with Crippen LogP contribution in [-0.2, 0) is 18.4 Å². The van der Waals surface area contributed by atoms with E-state index in [1.165, 1.54) is 50.0 Å². The Kier molecular flexibility index (Phi) is 4.68. The molecule has 1 saturated carbocycles. The fraction of sp³-hybridized carbons (Fsp3) is 0.520. The molecule has 1 saturated heterocycles. The van der Waals surface area contributed by atoms with Gasteiger partial charge in [-0.15, -0.1) is 0 Å². The van der Waals surface area contributed by atoms with Crippen LogP contribution in [0.25, 0.3) is 0 Å². The molecule has 2 nitrogen and oxygen atoms in total. The minimum Gasteiger partial charge on any atom is -0.381 e. The monoisotopic (exact) mass is 394 g/mol. The molecule has 2 aliphatic carbocycles. The highest BCUT2D eigenvalue weighted by Gasteiger charge is 2.48. The molecule has 2 fully saturated rings. The fourth-order valence-corrected chi connectivity index (χ4v) is 5.61. The molecule has 28 heavy (non-hydrogen) atoms. The molecule has 5 rings (SSSR count). The lowest BCUT2D eigenvalue weighted by Gasteiger charge is -2.55. The SMILES string of the molecule is C[C@H]1[C@H]2Cc3ccc(NCc4ccc(Cl)cc4)cc3[C@]1(C)CCN2CC1CC1. The number of halogens is 1. The Morgan fingerprint density at radius 2 is 1.93 bits per heavy atom. The van der Waals surface area contributed by atoms with Gasteiger partial charge in [0.2, 0.25) is 0 Å². The van der Waals surface area contributed by atoms with Gasteiger partial charge in [-0.2, -0.15) is 0 Å². The number of nitrogens with zero attached hydrogens (tertiary/aromatic N) is 1. The van der Waals surface area contributed by atoms with E-state index in [2.05, 4.69) is 54.4 Å². The Hall–Kier alpha value is -1.51. The lowest BCUT2D eigenvalue weighted by Crippen LogP contribution is -2.58. The van der Waals surface area contributed by atoms with Gasteiger partial charge in [0.15, 0.2) is 0 Å². The first-order valence-electron chi connectivity index (χ1n) is 10.9. The fourth-order valence-electron chi connectivity index (χ4n) is 5.48. The summed E-state index contributed by atoms with van der Waals surface area (Å²) in [7, 11) is 0. The van der Waals surface area contributed by atoms with Crippen LogP contribution in [0.3, 0.4) is 0 Å². The maximum Gasteiger partial charge on any atom is 0.0406 e. The zero-order valence-corrected chi connectivity index (χ0v) is 17.8. The quantitative estimate of drug-likeness (QED) is 0.680. The first kappa shape index (κ1) is 18.5. The van der Waals surface area contributed by atoms with Crippen LogP contribution in [-0.4, -0.2) is 24.0 Å². The Balaban J connectivity index is 1.36. The summed E-state index contributed by atoms with van der Waals surface area (Å²) in [6.45, 7) is 8.45. The van der Waals surface area contributed by atoms with Gasteiger partial charge in [-0.25, -0.2) is 0 Å². The normalized spacial score (nSPS) is 29.4. The number of hydrogen-bond acceptors (Lipinski definition) is 2. The zero-order chi connectivity index (χ0) is 19.3. The van der Waals surface area contributed by atoms with Gasteiger partial charge in [-0.05, 0) is 90.4 Å². The molecule has 0 amide bonds. The third-order valence-electron chi connectivity index (χ3n) is 7.72. The first-order valence-corrected chi connectivity index (χ1v) is 11.3. The van der Waals surface area contributed by atoms with E-state index >= 15 is 0 Å². The second-order valence-electron chi connectivity index (χ2n) is 9.52. The van der Waals surface area contributed by atoms with Crippen molar-refractivity contribution in [1.82, 2.24) is 4.90 Å². The molecule has 1 heterocycles. The molecule has 2 bridgehead atoms. The molecule has 3 heteroatoms. The van der Waals surface area contributed by atoms with E-state index < -0.39 is 0 Å². The Morgan fingerprint density at radius 1 is 1.14 bits per heavy atom. The summed E-state index contributed by atoms with van der Waals surface area (Å²) in [5.41, 5.74) is 5.96. The van der Waals surface area contributed by atoms with Crippen molar-refractivity contribution >= 4 is 17.3 Å². The van der Waals surface area contributed by atoms with Crippen molar-refractivity contribution in [3.63, 3.8) is 0 Å². The zero-order valence-electron chi connectivity index (χ0n) is 17.0. The van der Waals surface area contributed by atoms with Crippen molar-refractivity contribution in [2.75, 3.05) is 18.4 Å². The number of fused-ring (bicyclic) bond motifs is 4. The molecule has 2 aromatic rings. The van der Waals surface area contributed by atoms with Crippen LogP contribution in [0, 0.1) is 11.8 Å². The van der Waals surface area contributed by atoms with E-state index in [9.17, 15) is 0 Å². The van der Waals surface area contributed by atoms with Crippen molar-refractivity contribution in [1.29, 1.82) is 0 Å². The summed E-state index contributed by atoms with van der Waals surface area (Å²) < 4.78 is 0. The topological polar surface area (TPSA) is 15.3 Å². The molecular weight excluding hydrogens is 364 g/mol. The number of piperidine rings is 1. The number of likely N-dealkylation sites (tertiary alicyclic amines) is 1. The summed E-state index contributed by atoms with van der Waals surface area (Å²) >= 11 is 6.00. The van der Waals surface area contributed by atoms with Crippen LogP contribution in [0.5, 0.6) is 0 Å². The van der Waals surface area contributed by atoms with E-state index in [4.69, 9.17) is 11.6 Å². The van der Waals surface area contributed by atoms with Crippen molar-refractivity contribution in [3.8, 4) is 0 Å². The summed E-state index contributed by atoms with van der Waals surface area (Å²) in [6, 6.07) is 15.9. The number of anilines is 1. The number of nitrogens with one attached hydrogen (secondary N) is 1. The molecule has 1 aliphatic heterocycles. The predicted octanol–water partition coefficient (Wildman–Crippen LogP) is 5.89. The molecular formula is C25H31ClN2. The number of hydrogen-bond donors (Lipinski definition) is 1. The summed E-state index contributed by atoms with van der Waals surface area (Å²) in [4.78, 5) is 2.82. The second-order valence-corrected chi connectivity index (χ2v) is 9.95. The van der Waals surface area contributed by atoms with Gasteiger partial charge in [0.05, 0.1) is 0 Å². The largest absolute Gasteiger partial charge is 0.381 e. The van der Waals surface area contributed by atoms with Gasteiger partial charge < -0.3 is 5.32 Å². The third kappa shape index (κ3) is 3.35. The van der Waals surface area contributed by atoms with E-state index in [1.807, 2.05) is 12.1 Å². The minimum atomic E-state index is 0.302. The highest BCUT2D eigenvalue weighted by Crippen LogP contribution is 2.49. The smallest absolute Gasteiger partial charge is 0.0406 e. The van der Waals surface area contributed by atoms with Crippen LogP contribution in [0.1, 0.15) is 49.8 Å². The molecule has 3 atom stereocenters. The maximum atomic E-state index is 6.00. The number of benzene rings is 2. The van der Waals surface area contributed by atoms with Gasteiger partial charge in [0.25, 0.3) is 0 Å². The summed E-state index contributed by atoms with van der Waals surface area (Å²) in [6.07, 6.45) is 5.41. The standard InChI is InChI=1S/C25H31ClN2/c1-17-24-13-20-7-10-22(27-15-18-5-8-21(26)9-6-18)14-23(20)25(17,2)11-12-28(24)16-19-3-4-19/h5-10,14,17,19,24,27H,3-4,11-13,15-16H2,1-2H3/t17-,24+,25+/m0/s1. The van der Waals surface area contributed by atoms with Crippen molar-refractivity contribution < 1.29 is 0 Å². The molecule has 0 aromatic heterocycles. The predicted molar refractivity (Wildman–Crippen MR) is 118 cm³/mol. The average molecular weight is 395 g/mol. The molecule has 148 valence electrons. The number of rotatable bonds is 5. The highest BCUT2D eigenvalue weighted by molar-refractivity contribution is 6.30. The van der Waals surface area contributed by atoms with Gasteiger partial charge >= 0.3 is 0 Å². The Labute approximate surface area is 174 Å². The second kappa shape index (κ2) is 7.07. The minimum absolute atomic E-state index is 0.302. The molecule has 0 unspecified atom stereocenters. The summed E-state index contributed by atoms with van der Waals surface area (Å²) in [5, 5.41) is 4.42. The lowest BCUT2D eigenvalue weighted by molar-refractivity contribution is 0.0284. The van der Waals surface area contributed by atoms with E-state index in [0.717, 1.165) is 29.4 Å². The van der Waals surface area contributed by atoms with Crippen LogP contribution < -0.4 is 5.32 Å². The Morgan fingerprint density at radius 3 is 2.68 bits per heavy atom. The van der Waals surface area contributed by atoms with Crippen molar-refractivity contribution in [3.05, 3.63) is 64.2 Å². The molecule has 3 aliphatic rings. The first-order chi connectivity index (χ1) is 13.5. The van der Waals surface area contributed by atoms with Crippen LogP contribution in [0.2, 0.25) is 5.02 Å². The van der Waals surface area contributed by atoms with Gasteiger partial charge in [0, 0.05) is 29.8 Å². The summed E-state index contributed by atoms with van der Waals surface area (Å²) in [5.74, 6) is 1.71. The molecule has 0 radical (unpaired) electrons. The van der Waals surface area contributed by atoms with Crippen LogP contribution in [0.4, 0.5) is 5.69 Å². The van der Waals surface area contributed by atoms with E-state index in [0.29, 0.717) is 5.41 Å². The highest BCUT2D eigenvalue weighted by atomic mass is 35.5. The van der Waals surface area contributed by atoms with Gasteiger partial charge in [-0.3, -0.25) is 4.90 Å². The third-order valence-corrected chi connectivity index (χ3v) is 7.98. The van der Waals surface area contributed by atoms with Gasteiger partial charge in [0.1, 0.15) is 0 Å².